The molecule has 2 rings (SSSR count). The maximum Gasteiger partial charge on any atom is 0.176 e. The highest BCUT2D eigenvalue weighted by atomic mass is 32.1. The molecule has 0 aromatic heterocycles. The van der Waals surface area contributed by atoms with Crippen molar-refractivity contribution in [3.05, 3.63) is 29.8 Å². The summed E-state index contributed by atoms with van der Waals surface area (Å²) >= 11 is 4.52. The van der Waals surface area contributed by atoms with Crippen LogP contribution >= 0.6 is 12.2 Å². The maximum atomic E-state index is 4.52. The molecule has 0 spiro atoms. The number of nitrogens with zero attached hydrogens (tertiary/aromatic N) is 2. The zero-order valence-corrected chi connectivity index (χ0v) is 6.93. The summed E-state index contributed by atoms with van der Waals surface area (Å²) in [7, 11) is 0. The van der Waals surface area contributed by atoms with Crippen LogP contribution in [0.4, 0.5) is 5.69 Å². The van der Waals surface area contributed by atoms with E-state index in [-0.39, 0.29) is 0 Å². The molecule has 0 amide bonds. The van der Waals surface area contributed by atoms with E-state index in [4.69, 9.17) is 0 Å². The molecule has 1 heterocycles. The predicted molar refractivity (Wildman–Crippen MR) is 50.8 cm³/mol. The highest BCUT2D eigenvalue weighted by Crippen LogP contribution is 2.20. The summed E-state index contributed by atoms with van der Waals surface area (Å²) in [5, 5.41) is 6.19. The van der Waals surface area contributed by atoms with Gasteiger partial charge in [0, 0.05) is 5.56 Å². The van der Waals surface area contributed by atoms with Crippen molar-refractivity contribution in [3.63, 3.8) is 0 Å². The van der Waals surface area contributed by atoms with Gasteiger partial charge in [-0.1, -0.05) is 12.1 Å². The molecule has 0 radical (unpaired) electrons. The van der Waals surface area contributed by atoms with Gasteiger partial charge in [0.15, 0.2) is 5.84 Å². The molecule has 0 bridgehead atoms. The number of benzene rings is 1. The maximum absolute atomic E-state index is 4.52. The van der Waals surface area contributed by atoms with E-state index in [0.29, 0.717) is 0 Å². The summed E-state index contributed by atoms with van der Waals surface area (Å²) in [6.07, 6.45) is 0. The first-order chi connectivity index (χ1) is 5.92. The number of rotatable bonds is 2. The third-order valence-electron chi connectivity index (χ3n) is 1.55. The lowest BCUT2D eigenvalue weighted by Gasteiger charge is -1.94. The highest BCUT2D eigenvalue weighted by molar-refractivity contribution is 7.78. The Hall–Kier alpha value is -1.51. The smallest absolute Gasteiger partial charge is 0.176 e. The van der Waals surface area contributed by atoms with Crippen molar-refractivity contribution in [3.8, 4) is 0 Å². The minimum atomic E-state index is 0.802. The first kappa shape index (κ1) is 7.16. The van der Waals surface area contributed by atoms with Gasteiger partial charge in [0.1, 0.15) is 0 Å². The number of hydrogen-bond donors (Lipinski definition) is 1. The Labute approximate surface area is 74.8 Å². The van der Waals surface area contributed by atoms with E-state index >= 15 is 0 Å². The fraction of sp³-hybridized carbons (Fsp3) is 0. The Morgan fingerprint density at radius 3 is 2.83 bits per heavy atom. The number of thiocarbonyl (C=S) groups is 1. The van der Waals surface area contributed by atoms with Gasteiger partial charge in [0.25, 0.3) is 0 Å². The van der Waals surface area contributed by atoms with Crippen LogP contribution in [-0.2, 0) is 0 Å². The molecule has 1 N–H and O–H groups in total. The van der Waals surface area contributed by atoms with Gasteiger partial charge in [-0.25, -0.2) is 0 Å². The van der Waals surface area contributed by atoms with Crippen molar-refractivity contribution in [2.24, 2.45) is 10.1 Å². The summed E-state index contributed by atoms with van der Waals surface area (Å²) in [5.41, 5.74) is 4.54. The van der Waals surface area contributed by atoms with Gasteiger partial charge < -0.3 is 0 Å². The van der Waals surface area contributed by atoms with E-state index in [1.807, 2.05) is 24.3 Å². The molecule has 0 fully saturated rings. The molecule has 0 aliphatic carbocycles. The van der Waals surface area contributed by atoms with E-state index in [1.165, 1.54) is 0 Å². The molecular formula is C8H5N3S. The molecule has 1 aromatic carbocycles. The van der Waals surface area contributed by atoms with Crippen LogP contribution in [0.1, 0.15) is 5.56 Å². The van der Waals surface area contributed by atoms with Crippen LogP contribution in [0.5, 0.6) is 0 Å². The third-order valence-corrected chi connectivity index (χ3v) is 1.64. The van der Waals surface area contributed by atoms with Crippen LogP contribution in [-0.4, -0.2) is 11.0 Å². The summed E-state index contributed by atoms with van der Waals surface area (Å²) in [5.74, 6) is 0.861. The summed E-state index contributed by atoms with van der Waals surface area (Å²) in [6, 6.07) is 7.64. The molecule has 0 unspecified atom stereocenters. The number of para-hydroxylation sites is 1. The van der Waals surface area contributed by atoms with E-state index in [0.717, 1.165) is 17.1 Å². The molecule has 0 saturated carbocycles. The number of isothiocyanates is 1. The normalized spacial score (nSPS) is 12.5. The lowest BCUT2D eigenvalue weighted by molar-refractivity contribution is 1.26. The monoisotopic (exact) mass is 175 g/mol. The Kier molecular flexibility index (Phi) is 1.70. The number of hydrogen-bond acceptors (Lipinski definition) is 4. The Morgan fingerprint density at radius 1 is 1.42 bits per heavy atom. The quantitative estimate of drug-likeness (QED) is 0.549. The molecule has 12 heavy (non-hydrogen) atoms. The van der Waals surface area contributed by atoms with Gasteiger partial charge in [0.2, 0.25) is 0 Å². The van der Waals surface area contributed by atoms with Crippen LogP contribution in [0.15, 0.2) is 34.4 Å². The molecule has 4 heteroatoms. The number of hydrazone groups is 1. The van der Waals surface area contributed by atoms with Crippen molar-refractivity contribution >= 4 is 28.9 Å². The van der Waals surface area contributed by atoms with Crippen LogP contribution in [0.3, 0.4) is 0 Å². The average molecular weight is 175 g/mol. The van der Waals surface area contributed by atoms with Gasteiger partial charge in [-0.15, -0.1) is 0 Å². The van der Waals surface area contributed by atoms with Gasteiger partial charge >= 0.3 is 0 Å². The summed E-state index contributed by atoms with van der Waals surface area (Å²) in [6.45, 7) is 0. The molecule has 0 atom stereocenters. The van der Waals surface area contributed by atoms with Gasteiger partial charge in [-0.2, -0.15) is 10.1 Å². The van der Waals surface area contributed by atoms with Crippen LogP contribution < -0.4 is 5.43 Å². The fourth-order valence-electron chi connectivity index (χ4n) is 0.969. The zero-order chi connectivity index (χ0) is 8.39. The van der Waals surface area contributed by atoms with Gasteiger partial charge in [0.05, 0.1) is 10.8 Å². The minimum Gasteiger partial charge on any atom is -0.257 e. The van der Waals surface area contributed by atoms with Crippen molar-refractivity contribution in [1.29, 1.82) is 0 Å². The van der Waals surface area contributed by atoms with Crippen molar-refractivity contribution < 1.29 is 0 Å². The van der Waals surface area contributed by atoms with Crippen LogP contribution in [0, 0.1) is 0 Å². The molecule has 1 aromatic rings. The molecule has 0 saturated heterocycles. The number of amidine groups is 1. The van der Waals surface area contributed by atoms with Crippen molar-refractivity contribution in [2.45, 2.75) is 0 Å². The third kappa shape index (κ3) is 1.25. The van der Waals surface area contributed by atoms with E-state index < -0.39 is 0 Å². The van der Waals surface area contributed by atoms with Gasteiger partial charge in [-0.3, -0.25) is 5.43 Å². The lowest BCUT2D eigenvalue weighted by Crippen LogP contribution is -1.94. The second kappa shape index (κ2) is 2.85. The largest absolute Gasteiger partial charge is 0.257 e. The fourth-order valence-corrected chi connectivity index (χ4v) is 1.07. The van der Waals surface area contributed by atoms with Crippen LogP contribution in [0.25, 0.3) is 0 Å². The topological polar surface area (TPSA) is 46.7 Å². The van der Waals surface area contributed by atoms with Crippen molar-refractivity contribution in [1.82, 2.24) is 5.43 Å². The number of nitrogens with one attached hydrogen (secondary N) is 1. The molecule has 1 aliphatic rings. The van der Waals surface area contributed by atoms with E-state index in [9.17, 15) is 0 Å². The number of aliphatic imine (C=N–C) groups is 1. The highest BCUT2D eigenvalue weighted by Gasteiger charge is 2.15. The molecular weight excluding hydrogens is 170 g/mol. The Bertz CT molecular complexity index is 370. The summed E-state index contributed by atoms with van der Waals surface area (Å²) < 4.78 is 0. The standard InChI is InChI=1S/C8H5N3S/c12-5-9-7-4-2-1-3-6(7)8-10-11-8/h1-4H,(H,10,11). The first-order valence-electron chi connectivity index (χ1n) is 3.43. The van der Waals surface area contributed by atoms with Crippen LogP contribution in [0.2, 0.25) is 0 Å². The second-order valence-corrected chi connectivity index (χ2v) is 2.48. The minimum absolute atomic E-state index is 0.802. The first-order valence-corrected chi connectivity index (χ1v) is 3.83. The lowest BCUT2D eigenvalue weighted by atomic mass is 10.2. The summed E-state index contributed by atoms with van der Waals surface area (Å²) in [4.78, 5) is 3.91. The Balaban J connectivity index is 2.50. The van der Waals surface area contributed by atoms with E-state index in [2.05, 4.69) is 32.9 Å². The average Bonchev–Trinajstić information content (AvgIpc) is 2.89. The second-order valence-electron chi connectivity index (χ2n) is 2.29. The zero-order valence-electron chi connectivity index (χ0n) is 6.11. The van der Waals surface area contributed by atoms with E-state index in [1.54, 1.807) is 0 Å². The SMILES string of the molecule is S=C=Nc1ccccc1C1=NN1. The van der Waals surface area contributed by atoms with Gasteiger partial charge in [-0.05, 0) is 24.4 Å². The predicted octanol–water partition coefficient (Wildman–Crippen LogP) is 1.69. The molecule has 58 valence electrons. The molecule has 1 aliphatic heterocycles. The molecule has 3 nitrogen and oxygen atoms in total. The Morgan fingerprint density at radius 2 is 2.17 bits per heavy atom. The van der Waals surface area contributed by atoms with Crippen molar-refractivity contribution in [2.75, 3.05) is 0 Å².